The van der Waals surface area contributed by atoms with E-state index < -0.39 is 6.10 Å². The summed E-state index contributed by atoms with van der Waals surface area (Å²) in [6, 6.07) is 14.5. The topological polar surface area (TPSA) is 43.7 Å². The molecule has 2 N–H and O–H groups in total. The molecule has 1 heterocycles. The third kappa shape index (κ3) is 5.12. The number of aliphatic hydroxyl groups excluding tert-OH is 1. The van der Waals surface area contributed by atoms with Gasteiger partial charge in [0.1, 0.15) is 5.75 Å². The normalized spacial score (nSPS) is 20.3. The first-order valence-electron chi connectivity index (χ1n) is 10.4. The van der Waals surface area contributed by atoms with Crippen molar-refractivity contribution < 1.29 is 10.2 Å². The Morgan fingerprint density at radius 2 is 1.70 bits per heavy atom. The summed E-state index contributed by atoms with van der Waals surface area (Å²) in [5.41, 5.74) is 4.89. The van der Waals surface area contributed by atoms with E-state index in [1.165, 1.54) is 24.0 Å². The summed E-state index contributed by atoms with van der Waals surface area (Å²) in [6.45, 7) is 6.27. The Bertz CT molecular complexity index is 726. The predicted octanol–water partition coefficient (Wildman–Crippen LogP) is 4.65. The van der Waals surface area contributed by atoms with Crippen LogP contribution in [-0.4, -0.2) is 34.2 Å². The number of aromatic hydroxyl groups is 1. The first kappa shape index (κ1) is 19.9. The maximum Gasteiger partial charge on any atom is 0.115 e. The van der Waals surface area contributed by atoms with Gasteiger partial charge in [0.25, 0.3) is 0 Å². The Hall–Kier alpha value is -1.84. The van der Waals surface area contributed by atoms with Gasteiger partial charge in [0.05, 0.1) is 6.10 Å². The highest BCUT2D eigenvalue weighted by atomic mass is 16.3. The molecule has 3 rings (SSSR count). The average Bonchev–Trinajstić information content (AvgIpc) is 2.78. The smallest absolute Gasteiger partial charge is 0.115 e. The summed E-state index contributed by atoms with van der Waals surface area (Å²) in [4.78, 5) is 2.39. The van der Waals surface area contributed by atoms with Crippen LogP contribution in [0.15, 0.2) is 42.5 Å². The largest absolute Gasteiger partial charge is 0.508 e. The van der Waals surface area contributed by atoms with E-state index in [-0.39, 0.29) is 11.8 Å². The zero-order valence-corrected chi connectivity index (χ0v) is 16.7. The third-order valence-electron chi connectivity index (χ3n) is 5.87. The Morgan fingerprint density at radius 3 is 2.41 bits per heavy atom. The number of benzene rings is 2. The fraction of sp³-hybridized carbons (Fsp3) is 0.500. The SMILES string of the molecule is CCCc1ccc(CCCCN2CCc3cc(O)ccc3C(O)C2C)cc1. The zero-order valence-electron chi connectivity index (χ0n) is 16.7. The molecule has 0 spiro atoms. The molecule has 0 aromatic heterocycles. The molecule has 0 amide bonds. The van der Waals surface area contributed by atoms with Gasteiger partial charge in [0, 0.05) is 12.6 Å². The van der Waals surface area contributed by atoms with Crippen LogP contribution >= 0.6 is 0 Å². The van der Waals surface area contributed by atoms with Gasteiger partial charge in [-0.3, -0.25) is 4.90 Å². The van der Waals surface area contributed by atoms with Crippen LogP contribution in [0.2, 0.25) is 0 Å². The Labute approximate surface area is 163 Å². The van der Waals surface area contributed by atoms with E-state index in [0.717, 1.165) is 49.9 Å². The molecule has 0 aliphatic carbocycles. The molecule has 0 saturated carbocycles. The summed E-state index contributed by atoms with van der Waals surface area (Å²) in [5, 5.41) is 20.5. The number of unbranched alkanes of at least 4 members (excludes halogenated alkanes) is 1. The third-order valence-corrected chi connectivity index (χ3v) is 5.87. The quantitative estimate of drug-likeness (QED) is 0.700. The number of aliphatic hydroxyl groups is 1. The van der Waals surface area contributed by atoms with Crippen molar-refractivity contribution in [2.75, 3.05) is 13.1 Å². The van der Waals surface area contributed by atoms with Crippen LogP contribution in [0.4, 0.5) is 0 Å². The zero-order chi connectivity index (χ0) is 19.2. The van der Waals surface area contributed by atoms with Gasteiger partial charge in [-0.2, -0.15) is 0 Å². The number of fused-ring (bicyclic) bond motifs is 1. The van der Waals surface area contributed by atoms with Crippen molar-refractivity contribution in [3.63, 3.8) is 0 Å². The second-order valence-electron chi connectivity index (χ2n) is 7.88. The van der Waals surface area contributed by atoms with Gasteiger partial charge in [0.15, 0.2) is 0 Å². The van der Waals surface area contributed by atoms with Gasteiger partial charge in [-0.25, -0.2) is 0 Å². The molecular formula is C24H33NO2. The first-order valence-corrected chi connectivity index (χ1v) is 10.4. The van der Waals surface area contributed by atoms with Crippen molar-refractivity contribution in [3.05, 3.63) is 64.7 Å². The van der Waals surface area contributed by atoms with Crippen LogP contribution in [0.25, 0.3) is 0 Å². The molecule has 0 bridgehead atoms. The maximum absolute atomic E-state index is 10.8. The fourth-order valence-electron chi connectivity index (χ4n) is 4.15. The molecule has 2 atom stereocenters. The second kappa shape index (κ2) is 9.38. The van der Waals surface area contributed by atoms with Gasteiger partial charge >= 0.3 is 0 Å². The molecule has 1 aliphatic rings. The Kier molecular flexibility index (Phi) is 6.92. The van der Waals surface area contributed by atoms with Crippen LogP contribution in [0.3, 0.4) is 0 Å². The van der Waals surface area contributed by atoms with E-state index in [9.17, 15) is 10.2 Å². The van der Waals surface area contributed by atoms with Gasteiger partial charge in [-0.1, -0.05) is 43.7 Å². The molecule has 0 radical (unpaired) electrons. The molecule has 2 unspecified atom stereocenters. The molecular weight excluding hydrogens is 334 g/mol. The fourth-order valence-corrected chi connectivity index (χ4v) is 4.15. The molecule has 146 valence electrons. The van der Waals surface area contributed by atoms with Gasteiger partial charge in [-0.15, -0.1) is 0 Å². The lowest BCUT2D eigenvalue weighted by Crippen LogP contribution is -2.37. The van der Waals surface area contributed by atoms with Crippen LogP contribution < -0.4 is 0 Å². The van der Waals surface area contributed by atoms with Crippen molar-refractivity contribution in [3.8, 4) is 5.75 Å². The van der Waals surface area contributed by atoms with Crippen molar-refractivity contribution in [2.24, 2.45) is 0 Å². The molecule has 3 heteroatoms. The lowest BCUT2D eigenvalue weighted by molar-refractivity contribution is 0.0635. The second-order valence-corrected chi connectivity index (χ2v) is 7.88. The van der Waals surface area contributed by atoms with E-state index in [1.807, 2.05) is 6.07 Å². The lowest BCUT2D eigenvalue weighted by Gasteiger charge is -2.30. The molecule has 3 nitrogen and oxygen atoms in total. The molecule has 27 heavy (non-hydrogen) atoms. The average molecular weight is 368 g/mol. The van der Waals surface area contributed by atoms with Gasteiger partial charge in [-0.05, 0) is 80.0 Å². The van der Waals surface area contributed by atoms with Crippen molar-refractivity contribution in [2.45, 2.75) is 64.5 Å². The summed E-state index contributed by atoms with van der Waals surface area (Å²) < 4.78 is 0. The van der Waals surface area contributed by atoms with Crippen LogP contribution in [0.5, 0.6) is 5.75 Å². The predicted molar refractivity (Wildman–Crippen MR) is 111 cm³/mol. The number of nitrogens with zero attached hydrogens (tertiary/aromatic N) is 1. The molecule has 0 saturated heterocycles. The minimum Gasteiger partial charge on any atom is -0.508 e. The van der Waals surface area contributed by atoms with Gasteiger partial charge < -0.3 is 10.2 Å². The molecule has 1 aliphatic heterocycles. The Morgan fingerprint density at radius 1 is 1.00 bits per heavy atom. The van der Waals surface area contributed by atoms with Crippen molar-refractivity contribution >= 4 is 0 Å². The van der Waals surface area contributed by atoms with E-state index >= 15 is 0 Å². The number of phenols is 1. The van der Waals surface area contributed by atoms with Gasteiger partial charge in [0.2, 0.25) is 0 Å². The number of hydrogen-bond acceptors (Lipinski definition) is 3. The van der Waals surface area contributed by atoms with Crippen molar-refractivity contribution in [1.82, 2.24) is 4.90 Å². The number of hydrogen-bond donors (Lipinski definition) is 2. The highest BCUT2D eigenvalue weighted by Gasteiger charge is 2.28. The first-order chi connectivity index (χ1) is 13.1. The summed E-state index contributed by atoms with van der Waals surface area (Å²) in [6.07, 6.45) is 6.16. The minimum absolute atomic E-state index is 0.101. The number of rotatable bonds is 7. The van der Waals surface area contributed by atoms with Crippen LogP contribution in [-0.2, 0) is 19.3 Å². The highest BCUT2D eigenvalue weighted by molar-refractivity contribution is 5.37. The monoisotopic (exact) mass is 367 g/mol. The van der Waals surface area contributed by atoms with Crippen LogP contribution in [0, 0.1) is 0 Å². The molecule has 2 aromatic carbocycles. The van der Waals surface area contributed by atoms with E-state index in [0.29, 0.717) is 0 Å². The van der Waals surface area contributed by atoms with Crippen molar-refractivity contribution in [1.29, 1.82) is 0 Å². The summed E-state index contributed by atoms with van der Waals surface area (Å²) in [7, 11) is 0. The number of aryl methyl sites for hydroxylation is 2. The molecule has 0 fully saturated rings. The van der Waals surface area contributed by atoms with E-state index in [2.05, 4.69) is 43.0 Å². The lowest BCUT2D eigenvalue weighted by atomic mass is 9.98. The number of phenolic OH excluding ortho intramolecular Hbond substituents is 1. The summed E-state index contributed by atoms with van der Waals surface area (Å²) >= 11 is 0. The maximum atomic E-state index is 10.8. The Balaban J connectivity index is 1.49. The highest BCUT2D eigenvalue weighted by Crippen LogP contribution is 2.30. The standard InChI is InChI=1S/C24H33NO2/c1-3-6-19-8-10-20(11-9-19)7-4-5-15-25-16-14-21-17-22(26)12-13-23(21)24(27)18(25)2/h8-13,17-18,24,26-27H,3-7,14-16H2,1-2H3. The minimum atomic E-state index is -0.491. The van der Waals surface area contributed by atoms with E-state index in [1.54, 1.807) is 12.1 Å². The molecule has 2 aromatic rings. The van der Waals surface area contributed by atoms with E-state index in [4.69, 9.17) is 0 Å². The summed E-state index contributed by atoms with van der Waals surface area (Å²) in [5.74, 6) is 0.284. The van der Waals surface area contributed by atoms with Crippen LogP contribution in [0.1, 0.15) is 61.5 Å².